The molecule has 1 atom stereocenters. The Morgan fingerprint density at radius 3 is 2.84 bits per heavy atom. The molecule has 0 aromatic heterocycles. The minimum atomic E-state index is -0.343. The van der Waals surface area contributed by atoms with Crippen LogP contribution in [0.3, 0.4) is 0 Å². The third-order valence-corrected chi connectivity index (χ3v) is 3.25. The molecule has 0 spiro atoms. The molecule has 0 amide bonds. The second kappa shape index (κ2) is 8.24. The van der Waals surface area contributed by atoms with E-state index in [1.807, 2.05) is 6.07 Å². The van der Waals surface area contributed by atoms with Crippen LogP contribution < -0.4 is 5.32 Å². The molecular weight excluding hydrogens is 312 g/mol. The average Bonchev–Trinajstić information content (AvgIpc) is 2.38. The molecule has 1 aromatic rings. The summed E-state index contributed by atoms with van der Waals surface area (Å²) in [7, 11) is 1.64. The topological polar surface area (TPSA) is 64.4 Å². The van der Waals surface area contributed by atoms with Crippen LogP contribution in [0.15, 0.2) is 22.7 Å². The highest BCUT2D eigenvalue weighted by atomic mass is 79.9. The molecule has 0 aliphatic carbocycles. The highest BCUT2D eigenvalue weighted by Gasteiger charge is 2.18. The number of nitro groups is 1. The molecule has 1 N–H and O–H groups in total. The molecule has 0 aliphatic heterocycles. The van der Waals surface area contributed by atoms with Crippen molar-refractivity contribution in [1.82, 2.24) is 5.32 Å². The van der Waals surface area contributed by atoms with E-state index in [9.17, 15) is 10.1 Å². The van der Waals surface area contributed by atoms with Gasteiger partial charge < -0.3 is 10.1 Å². The van der Waals surface area contributed by atoms with Crippen molar-refractivity contribution >= 4 is 21.6 Å². The molecule has 106 valence electrons. The Morgan fingerprint density at radius 1 is 1.53 bits per heavy atom. The summed E-state index contributed by atoms with van der Waals surface area (Å²) in [6.45, 7) is 3.49. The summed E-state index contributed by atoms with van der Waals surface area (Å²) < 4.78 is 5.87. The molecule has 1 aromatic carbocycles. The van der Waals surface area contributed by atoms with Gasteiger partial charge in [-0.25, -0.2) is 0 Å². The van der Waals surface area contributed by atoms with Crippen molar-refractivity contribution < 1.29 is 9.66 Å². The van der Waals surface area contributed by atoms with Gasteiger partial charge in [-0.3, -0.25) is 10.1 Å². The summed E-state index contributed by atoms with van der Waals surface area (Å²) in [4.78, 5) is 10.7. The van der Waals surface area contributed by atoms with Gasteiger partial charge in [-0.05, 0) is 25.5 Å². The molecule has 19 heavy (non-hydrogen) atoms. The fourth-order valence-corrected chi connectivity index (χ4v) is 2.23. The average molecular weight is 331 g/mol. The van der Waals surface area contributed by atoms with E-state index in [0.717, 1.165) is 18.5 Å². The van der Waals surface area contributed by atoms with Gasteiger partial charge in [-0.15, -0.1) is 0 Å². The Balaban J connectivity index is 2.85. The van der Waals surface area contributed by atoms with Gasteiger partial charge in [0.2, 0.25) is 0 Å². The molecule has 1 unspecified atom stereocenters. The summed E-state index contributed by atoms with van der Waals surface area (Å²) >= 11 is 3.26. The Labute approximate surface area is 121 Å². The van der Waals surface area contributed by atoms with E-state index in [2.05, 4.69) is 28.2 Å². The van der Waals surface area contributed by atoms with Crippen molar-refractivity contribution in [2.24, 2.45) is 0 Å². The van der Waals surface area contributed by atoms with E-state index in [1.165, 1.54) is 0 Å². The van der Waals surface area contributed by atoms with Crippen LogP contribution in [0.4, 0.5) is 5.69 Å². The lowest BCUT2D eigenvalue weighted by Crippen LogP contribution is -2.35. The summed E-state index contributed by atoms with van der Waals surface area (Å²) in [5, 5.41) is 14.4. The molecular formula is C13H19BrN2O3. The number of halogens is 1. The van der Waals surface area contributed by atoms with Gasteiger partial charge in [0.05, 0.1) is 11.5 Å². The van der Waals surface area contributed by atoms with Gasteiger partial charge >= 0.3 is 0 Å². The third-order valence-electron chi connectivity index (χ3n) is 2.76. The largest absolute Gasteiger partial charge is 0.383 e. The van der Waals surface area contributed by atoms with Crippen LogP contribution in [0.1, 0.15) is 18.9 Å². The van der Waals surface area contributed by atoms with Crippen molar-refractivity contribution in [3.63, 3.8) is 0 Å². The minimum absolute atomic E-state index is 0.0878. The smallest absolute Gasteiger partial charge is 0.273 e. The van der Waals surface area contributed by atoms with Crippen molar-refractivity contribution in [3.8, 4) is 0 Å². The number of rotatable bonds is 8. The van der Waals surface area contributed by atoms with E-state index in [1.54, 1.807) is 19.2 Å². The lowest BCUT2D eigenvalue weighted by atomic mass is 10.0. The predicted octanol–water partition coefficient (Wildman–Crippen LogP) is 2.91. The third kappa shape index (κ3) is 5.26. The first-order valence-electron chi connectivity index (χ1n) is 6.23. The van der Waals surface area contributed by atoms with Crippen molar-refractivity contribution in [2.75, 3.05) is 20.3 Å². The maximum atomic E-state index is 11.1. The number of benzene rings is 1. The summed E-state index contributed by atoms with van der Waals surface area (Å²) in [6, 6.07) is 5.24. The van der Waals surface area contributed by atoms with E-state index < -0.39 is 0 Å². The van der Waals surface area contributed by atoms with Crippen LogP contribution in [0.5, 0.6) is 0 Å². The first kappa shape index (κ1) is 16.1. The SMILES string of the molecule is CCCNC(COC)Cc1ccc(Br)cc1[N+](=O)[O-]. The van der Waals surface area contributed by atoms with Crippen LogP contribution in [-0.2, 0) is 11.2 Å². The molecule has 0 radical (unpaired) electrons. The number of ether oxygens (including phenoxy) is 1. The maximum Gasteiger partial charge on any atom is 0.273 e. The first-order valence-corrected chi connectivity index (χ1v) is 7.03. The number of nitro benzene ring substituents is 1. The molecule has 1 rings (SSSR count). The molecule has 0 fully saturated rings. The predicted molar refractivity (Wildman–Crippen MR) is 78.5 cm³/mol. The van der Waals surface area contributed by atoms with Crippen LogP contribution in [0, 0.1) is 10.1 Å². The zero-order valence-corrected chi connectivity index (χ0v) is 12.8. The highest BCUT2D eigenvalue weighted by Crippen LogP contribution is 2.24. The second-order valence-electron chi connectivity index (χ2n) is 4.34. The Morgan fingerprint density at radius 2 is 2.26 bits per heavy atom. The molecule has 0 heterocycles. The lowest BCUT2D eigenvalue weighted by Gasteiger charge is -2.17. The zero-order valence-electron chi connectivity index (χ0n) is 11.2. The fourth-order valence-electron chi connectivity index (χ4n) is 1.88. The van der Waals surface area contributed by atoms with Crippen LogP contribution in [-0.4, -0.2) is 31.2 Å². The normalized spacial score (nSPS) is 12.4. The molecule has 0 saturated carbocycles. The lowest BCUT2D eigenvalue weighted by molar-refractivity contribution is -0.385. The molecule has 0 saturated heterocycles. The maximum absolute atomic E-state index is 11.1. The monoisotopic (exact) mass is 330 g/mol. The number of nitrogens with one attached hydrogen (secondary N) is 1. The fraction of sp³-hybridized carbons (Fsp3) is 0.538. The summed E-state index contributed by atoms with van der Waals surface area (Å²) in [6.07, 6.45) is 1.60. The zero-order chi connectivity index (χ0) is 14.3. The van der Waals surface area contributed by atoms with E-state index in [4.69, 9.17) is 4.74 Å². The number of hydrogen-bond donors (Lipinski definition) is 1. The van der Waals surface area contributed by atoms with E-state index >= 15 is 0 Å². The van der Waals surface area contributed by atoms with E-state index in [-0.39, 0.29) is 16.7 Å². The standard InChI is InChI=1S/C13H19BrN2O3/c1-3-6-15-12(9-19-2)7-10-4-5-11(14)8-13(10)16(17)18/h4-5,8,12,15H,3,6-7,9H2,1-2H3. The molecule has 0 bridgehead atoms. The Kier molecular flexibility index (Phi) is 6.97. The van der Waals surface area contributed by atoms with Gasteiger partial charge in [-0.1, -0.05) is 28.9 Å². The highest BCUT2D eigenvalue weighted by molar-refractivity contribution is 9.10. The van der Waals surface area contributed by atoms with Gasteiger partial charge in [0.1, 0.15) is 0 Å². The van der Waals surface area contributed by atoms with Crippen molar-refractivity contribution in [1.29, 1.82) is 0 Å². The minimum Gasteiger partial charge on any atom is -0.383 e. The van der Waals surface area contributed by atoms with Crippen LogP contribution in [0.25, 0.3) is 0 Å². The second-order valence-corrected chi connectivity index (χ2v) is 5.26. The van der Waals surface area contributed by atoms with Gasteiger partial charge in [0.25, 0.3) is 5.69 Å². The molecule has 0 aliphatic rings. The summed E-state index contributed by atoms with van der Waals surface area (Å²) in [5.74, 6) is 0. The van der Waals surface area contributed by atoms with Crippen LogP contribution >= 0.6 is 15.9 Å². The molecule has 6 heteroatoms. The summed E-state index contributed by atoms with van der Waals surface area (Å²) in [5.41, 5.74) is 0.868. The van der Waals surface area contributed by atoms with Gasteiger partial charge in [-0.2, -0.15) is 0 Å². The first-order chi connectivity index (χ1) is 9.08. The Hall–Kier alpha value is -0.980. The van der Waals surface area contributed by atoms with Gasteiger partial charge in [0.15, 0.2) is 0 Å². The van der Waals surface area contributed by atoms with Crippen molar-refractivity contribution in [2.45, 2.75) is 25.8 Å². The number of methoxy groups -OCH3 is 1. The van der Waals surface area contributed by atoms with Crippen molar-refractivity contribution in [3.05, 3.63) is 38.3 Å². The van der Waals surface area contributed by atoms with E-state index in [0.29, 0.717) is 17.5 Å². The quantitative estimate of drug-likeness (QED) is 0.588. The number of nitrogens with zero attached hydrogens (tertiary/aromatic N) is 1. The van der Waals surface area contributed by atoms with Gasteiger partial charge in [0, 0.05) is 29.3 Å². The molecule has 5 nitrogen and oxygen atoms in total. The van der Waals surface area contributed by atoms with Crippen LogP contribution in [0.2, 0.25) is 0 Å². The number of hydrogen-bond acceptors (Lipinski definition) is 4. The Bertz CT molecular complexity index is 426.